The molecule has 150 valence electrons. The fourth-order valence-corrected chi connectivity index (χ4v) is 4.50. The highest BCUT2D eigenvalue weighted by Gasteiger charge is 2.31. The van der Waals surface area contributed by atoms with Crippen LogP contribution >= 0.6 is 0 Å². The van der Waals surface area contributed by atoms with Crippen LogP contribution in [0.5, 0.6) is 0 Å². The molecule has 0 spiro atoms. The Morgan fingerprint density at radius 3 is 2.74 bits per heavy atom. The number of piperidine rings is 1. The number of likely N-dealkylation sites (tertiary alicyclic amines) is 1. The van der Waals surface area contributed by atoms with Gasteiger partial charge in [0, 0.05) is 44.6 Å². The van der Waals surface area contributed by atoms with E-state index >= 15 is 0 Å². The number of carbonyl (C=O) groups excluding carboxylic acids is 1. The number of hydrogen-bond donors (Lipinski definition) is 0. The van der Waals surface area contributed by atoms with Crippen LogP contribution in [-0.4, -0.2) is 60.0 Å². The molecule has 1 saturated carbocycles. The van der Waals surface area contributed by atoms with E-state index in [1.807, 2.05) is 4.90 Å². The number of rotatable bonds is 6. The monoisotopic (exact) mass is 377 g/mol. The summed E-state index contributed by atoms with van der Waals surface area (Å²) in [6.07, 6.45) is 9.26. The van der Waals surface area contributed by atoms with Gasteiger partial charge in [0.1, 0.15) is 0 Å². The lowest BCUT2D eigenvalue weighted by atomic mass is 10.0. The largest absolute Gasteiger partial charge is 0.381 e. The molecule has 1 aliphatic carbocycles. The summed E-state index contributed by atoms with van der Waals surface area (Å²) >= 11 is 0. The number of carbonyl (C=O) groups is 1. The molecular formula is C20H31N3O4. The number of ether oxygens (including phenoxy) is 2. The molecule has 2 aliphatic heterocycles. The lowest BCUT2D eigenvalue weighted by Crippen LogP contribution is -2.45. The van der Waals surface area contributed by atoms with Gasteiger partial charge in [-0.2, -0.15) is 4.98 Å². The van der Waals surface area contributed by atoms with Gasteiger partial charge < -0.3 is 18.9 Å². The second-order valence-corrected chi connectivity index (χ2v) is 8.09. The highest BCUT2D eigenvalue weighted by molar-refractivity contribution is 5.79. The molecule has 7 nitrogen and oxygen atoms in total. The summed E-state index contributed by atoms with van der Waals surface area (Å²) in [5.74, 6) is 2.38. The lowest BCUT2D eigenvalue weighted by Gasteiger charge is -2.34. The second-order valence-electron chi connectivity index (χ2n) is 8.09. The first-order chi connectivity index (χ1) is 13.3. The normalized spacial score (nSPS) is 25.2. The number of aromatic nitrogens is 2. The number of amides is 1. The van der Waals surface area contributed by atoms with Gasteiger partial charge in [0.25, 0.3) is 0 Å². The van der Waals surface area contributed by atoms with E-state index in [0.717, 1.165) is 70.7 Å². The van der Waals surface area contributed by atoms with Crippen LogP contribution in [0.4, 0.5) is 0 Å². The Morgan fingerprint density at radius 2 is 1.93 bits per heavy atom. The van der Waals surface area contributed by atoms with Crippen molar-refractivity contribution in [3.8, 4) is 0 Å². The van der Waals surface area contributed by atoms with Crippen LogP contribution < -0.4 is 0 Å². The van der Waals surface area contributed by atoms with E-state index in [4.69, 9.17) is 14.0 Å². The van der Waals surface area contributed by atoms with Gasteiger partial charge in [0.15, 0.2) is 5.82 Å². The van der Waals surface area contributed by atoms with Crippen LogP contribution in [0.1, 0.15) is 69.0 Å². The predicted octanol–water partition coefficient (Wildman–Crippen LogP) is 2.70. The lowest BCUT2D eigenvalue weighted by molar-refractivity contribution is -0.139. The summed E-state index contributed by atoms with van der Waals surface area (Å²) in [5.41, 5.74) is 0. The minimum atomic E-state index is 0.131. The minimum Gasteiger partial charge on any atom is -0.381 e. The topological polar surface area (TPSA) is 77.7 Å². The smallest absolute Gasteiger partial charge is 0.229 e. The second kappa shape index (κ2) is 9.15. The zero-order chi connectivity index (χ0) is 18.5. The van der Waals surface area contributed by atoms with Crippen molar-refractivity contribution in [3.05, 3.63) is 11.7 Å². The van der Waals surface area contributed by atoms with Crippen molar-refractivity contribution >= 4 is 5.91 Å². The summed E-state index contributed by atoms with van der Waals surface area (Å²) < 4.78 is 16.9. The van der Waals surface area contributed by atoms with Gasteiger partial charge in [-0.1, -0.05) is 18.0 Å². The van der Waals surface area contributed by atoms with Gasteiger partial charge in [0.05, 0.1) is 12.7 Å². The van der Waals surface area contributed by atoms with Gasteiger partial charge in [-0.25, -0.2) is 0 Å². The molecule has 2 saturated heterocycles. The van der Waals surface area contributed by atoms with Gasteiger partial charge in [-0.05, 0) is 38.5 Å². The first-order valence-electron chi connectivity index (χ1n) is 10.6. The molecule has 0 radical (unpaired) electrons. The van der Waals surface area contributed by atoms with Crippen molar-refractivity contribution < 1.29 is 18.8 Å². The maximum atomic E-state index is 12.6. The molecule has 1 amide bonds. The Balaban J connectivity index is 1.20. The van der Waals surface area contributed by atoms with E-state index < -0.39 is 0 Å². The van der Waals surface area contributed by atoms with Crippen molar-refractivity contribution in [1.82, 2.24) is 15.0 Å². The van der Waals surface area contributed by atoms with Crippen LogP contribution in [0.15, 0.2) is 4.52 Å². The highest BCUT2D eigenvalue weighted by Crippen LogP contribution is 2.28. The molecule has 0 aromatic carbocycles. The molecule has 1 atom stereocenters. The molecule has 4 rings (SSSR count). The van der Waals surface area contributed by atoms with E-state index in [1.54, 1.807) is 0 Å². The Hall–Kier alpha value is -1.47. The first kappa shape index (κ1) is 18.9. The van der Waals surface area contributed by atoms with Crippen LogP contribution in [0.3, 0.4) is 0 Å². The zero-order valence-corrected chi connectivity index (χ0v) is 16.1. The molecule has 0 bridgehead atoms. The fraction of sp³-hybridized carbons (Fsp3) is 0.850. The maximum Gasteiger partial charge on any atom is 0.229 e. The molecule has 1 unspecified atom stereocenters. The standard InChI is InChI=1S/C20H31N3O4/c24-20(16-4-1-2-5-16)23-10-3-6-17(14-23)26-13-9-18-21-19(27-22-18)15-7-11-25-12-8-15/h15-17H,1-14H2. The van der Waals surface area contributed by atoms with E-state index in [0.29, 0.717) is 30.7 Å². The Morgan fingerprint density at radius 1 is 1.11 bits per heavy atom. The molecule has 1 aromatic heterocycles. The molecule has 3 heterocycles. The van der Waals surface area contributed by atoms with Crippen molar-refractivity contribution in [2.24, 2.45) is 5.92 Å². The third kappa shape index (κ3) is 4.88. The van der Waals surface area contributed by atoms with Gasteiger partial charge in [-0.15, -0.1) is 0 Å². The summed E-state index contributed by atoms with van der Waals surface area (Å²) in [4.78, 5) is 19.2. The molecule has 27 heavy (non-hydrogen) atoms. The molecule has 3 aliphatic rings. The predicted molar refractivity (Wildman–Crippen MR) is 98.3 cm³/mol. The summed E-state index contributed by atoms with van der Waals surface area (Å²) in [6, 6.07) is 0. The van der Waals surface area contributed by atoms with E-state index in [2.05, 4.69) is 10.1 Å². The van der Waals surface area contributed by atoms with Crippen LogP contribution in [-0.2, 0) is 20.7 Å². The molecule has 3 fully saturated rings. The van der Waals surface area contributed by atoms with Gasteiger partial charge in [0.2, 0.25) is 11.8 Å². The summed E-state index contributed by atoms with van der Waals surface area (Å²) in [6.45, 7) is 3.72. The Labute approximate surface area is 160 Å². The van der Waals surface area contributed by atoms with Crippen molar-refractivity contribution in [1.29, 1.82) is 0 Å². The van der Waals surface area contributed by atoms with Crippen molar-refractivity contribution in [2.45, 2.75) is 69.8 Å². The minimum absolute atomic E-state index is 0.131. The van der Waals surface area contributed by atoms with Gasteiger partial charge >= 0.3 is 0 Å². The van der Waals surface area contributed by atoms with E-state index in [-0.39, 0.29) is 12.0 Å². The van der Waals surface area contributed by atoms with Crippen LogP contribution in [0.2, 0.25) is 0 Å². The molecule has 7 heteroatoms. The number of nitrogens with zero attached hydrogens (tertiary/aromatic N) is 3. The molecule has 0 N–H and O–H groups in total. The third-order valence-electron chi connectivity index (χ3n) is 6.13. The van der Waals surface area contributed by atoms with Crippen LogP contribution in [0.25, 0.3) is 0 Å². The van der Waals surface area contributed by atoms with E-state index in [9.17, 15) is 4.79 Å². The SMILES string of the molecule is O=C(C1CCCC1)N1CCCC(OCCc2noc(C3CCOCC3)n2)C1. The van der Waals surface area contributed by atoms with Crippen molar-refractivity contribution in [3.63, 3.8) is 0 Å². The van der Waals surface area contributed by atoms with Gasteiger partial charge in [-0.3, -0.25) is 4.79 Å². The Kier molecular flexibility index (Phi) is 6.39. The average molecular weight is 377 g/mol. The molecular weight excluding hydrogens is 346 g/mol. The summed E-state index contributed by atoms with van der Waals surface area (Å²) in [5, 5.41) is 4.10. The first-order valence-corrected chi connectivity index (χ1v) is 10.6. The summed E-state index contributed by atoms with van der Waals surface area (Å²) in [7, 11) is 0. The zero-order valence-electron chi connectivity index (χ0n) is 16.1. The van der Waals surface area contributed by atoms with Crippen LogP contribution in [0, 0.1) is 5.92 Å². The maximum absolute atomic E-state index is 12.6. The van der Waals surface area contributed by atoms with E-state index in [1.165, 1.54) is 12.8 Å². The third-order valence-corrected chi connectivity index (χ3v) is 6.13. The average Bonchev–Trinajstić information content (AvgIpc) is 3.41. The fourth-order valence-electron chi connectivity index (χ4n) is 4.50. The number of hydrogen-bond acceptors (Lipinski definition) is 6. The Bertz CT molecular complexity index is 608. The quantitative estimate of drug-likeness (QED) is 0.758. The van der Waals surface area contributed by atoms with Crippen molar-refractivity contribution in [2.75, 3.05) is 32.9 Å². The molecule has 1 aromatic rings. The highest BCUT2D eigenvalue weighted by atomic mass is 16.5.